The van der Waals surface area contributed by atoms with Crippen molar-refractivity contribution < 1.29 is 14.3 Å². The first-order valence-electron chi connectivity index (χ1n) is 9.78. The molecule has 1 aromatic carbocycles. The van der Waals surface area contributed by atoms with Gasteiger partial charge in [-0.05, 0) is 53.9 Å². The fourth-order valence-corrected chi connectivity index (χ4v) is 4.87. The highest BCUT2D eigenvalue weighted by Crippen LogP contribution is 2.42. The maximum absolute atomic E-state index is 12.4. The number of anilines is 1. The van der Waals surface area contributed by atoms with E-state index in [2.05, 4.69) is 38.3 Å². The number of allylic oxidation sites excluding steroid dienone is 1. The second kappa shape index (κ2) is 9.74. The van der Waals surface area contributed by atoms with E-state index in [-0.39, 0.29) is 0 Å². The highest BCUT2D eigenvalue weighted by Gasteiger charge is 2.34. The molecular formula is C20H26BrN5O3S. The maximum atomic E-state index is 12.4. The van der Waals surface area contributed by atoms with Crippen molar-refractivity contribution in [2.24, 2.45) is 5.73 Å². The largest absolute Gasteiger partial charge is 0.492 e. The van der Waals surface area contributed by atoms with Gasteiger partial charge in [0.15, 0.2) is 11.5 Å². The molecule has 8 nitrogen and oxygen atoms in total. The number of aromatic nitrogens is 3. The standard InChI is InChI=1S/C20H26BrN5O3S/c1-5-7-8-30-20-24-19-23-11(3)15(18(22)27)16(26(19)25-20)12-9-13(21)17(28-4)14(10-12)29-6-2/h9-10,16H,5-8H2,1-4H3,(H2,22,27)(H,23,24,25). The average Bonchev–Trinajstić information content (AvgIpc) is 3.09. The molecule has 1 aliphatic rings. The van der Waals surface area contributed by atoms with E-state index in [1.807, 2.05) is 26.0 Å². The van der Waals surface area contributed by atoms with Gasteiger partial charge in [-0.25, -0.2) is 4.68 Å². The van der Waals surface area contributed by atoms with E-state index in [9.17, 15) is 4.79 Å². The maximum Gasteiger partial charge on any atom is 0.248 e. The van der Waals surface area contributed by atoms with Gasteiger partial charge in [-0.3, -0.25) is 4.79 Å². The summed E-state index contributed by atoms with van der Waals surface area (Å²) in [7, 11) is 1.58. The second-order valence-corrected chi connectivity index (χ2v) is 8.68. The number of nitrogens with zero attached hydrogens (tertiary/aromatic N) is 3. The Morgan fingerprint density at radius 3 is 2.80 bits per heavy atom. The highest BCUT2D eigenvalue weighted by atomic mass is 79.9. The van der Waals surface area contributed by atoms with Crippen LogP contribution in [0.25, 0.3) is 0 Å². The summed E-state index contributed by atoms with van der Waals surface area (Å²) in [5.41, 5.74) is 7.64. The Morgan fingerprint density at radius 1 is 1.40 bits per heavy atom. The first-order chi connectivity index (χ1) is 14.4. The number of hydrogen-bond acceptors (Lipinski definition) is 7. The van der Waals surface area contributed by atoms with E-state index in [4.69, 9.17) is 15.2 Å². The third-order valence-corrected chi connectivity index (χ3v) is 6.19. The number of benzene rings is 1. The number of halogens is 1. The number of ether oxygens (including phenoxy) is 2. The van der Waals surface area contributed by atoms with Crippen LogP contribution in [-0.2, 0) is 4.79 Å². The molecule has 0 bridgehead atoms. The van der Waals surface area contributed by atoms with Crippen molar-refractivity contribution in [3.05, 3.63) is 33.4 Å². The minimum atomic E-state index is -0.534. The molecule has 0 spiro atoms. The number of hydrogen-bond donors (Lipinski definition) is 2. The lowest BCUT2D eigenvalue weighted by atomic mass is 9.95. The number of fused-ring (bicyclic) bond motifs is 1. The number of amides is 1. The van der Waals surface area contributed by atoms with Gasteiger partial charge in [0.1, 0.15) is 6.04 Å². The zero-order chi connectivity index (χ0) is 21.8. The van der Waals surface area contributed by atoms with Gasteiger partial charge in [-0.2, -0.15) is 4.98 Å². The van der Waals surface area contributed by atoms with Crippen LogP contribution in [-0.4, -0.2) is 40.1 Å². The minimum Gasteiger partial charge on any atom is -0.492 e. The van der Waals surface area contributed by atoms with E-state index < -0.39 is 11.9 Å². The molecule has 1 aliphatic heterocycles. The predicted octanol–water partition coefficient (Wildman–Crippen LogP) is 4.11. The highest BCUT2D eigenvalue weighted by molar-refractivity contribution is 9.10. The normalized spacial score (nSPS) is 15.6. The van der Waals surface area contributed by atoms with Crippen LogP contribution in [0, 0.1) is 0 Å². The molecule has 0 saturated heterocycles. The Kier molecular flexibility index (Phi) is 7.30. The van der Waals surface area contributed by atoms with Crippen molar-refractivity contribution >= 4 is 39.5 Å². The summed E-state index contributed by atoms with van der Waals surface area (Å²) in [4.78, 5) is 17.0. The van der Waals surface area contributed by atoms with Crippen LogP contribution in [0.2, 0.25) is 0 Å². The number of nitrogens with one attached hydrogen (secondary N) is 1. The SMILES string of the molecule is CCCCSc1nc2n(n1)C(c1cc(Br)c(OC)c(OCC)c1)C(C(N)=O)=C(C)N2. The summed E-state index contributed by atoms with van der Waals surface area (Å²) < 4.78 is 13.7. The van der Waals surface area contributed by atoms with Crippen LogP contribution in [0.4, 0.5) is 5.95 Å². The number of primary amides is 1. The molecule has 0 radical (unpaired) electrons. The number of methoxy groups -OCH3 is 1. The van der Waals surface area contributed by atoms with E-state index in [0.717, 1.165) is 24.2 Å². The van der Waals surface area contributed by atoms with Crippen molar-refractivity contribution in [3.63, 3.8) is 0 Å². The van der Waals surface area contributed by atoms with Crippen LogP contribution in [0.5, 0.6) is 11.5 Å². The van der Waals surface area contributed by atoms with Crippen molar-refractivity contribution in [2.45, 2.75) is 44.8 Å². The molecule has 2 heterocycles. The van der Waals surface area contributed by atoms with Crippen molar-refractivity contribution in [1.82, 2.24) is 14.8 Å². The van der Waals surface area contributed by atoms with E-state index in [1.54, 1.807) is 23.6 Å². The molecule has 1 amide bonds. The quantitative estimate of drug-likeness (QED) is 0.398. The molecule has 0 saturated carbocycles. The lowest BCUT2D eigenvalue weighted by Crippen LogP contribution is -2.31. The molecule has 0 aliphatic carbocycles. The fraction of sp³-hybridized carbons (Fsp3) is 0.450. The first kappa shape index (κ1) is 22.5. The predicted molar refractivity (Wildman–Crippen MR) is 121 cm³/mol. The first-order valence-corrected chi connectivity index (χ1v) is 11.6. The lowest BCUT2D eigenvalue weighted by molar-refractivity contribution is -0.115. The van der Waals surface area contributed by atoms with Crippen LogP contribution in [0.1, 0.15) is 45.2 Å². The molecule has 0 fully saturated rings. The van der Waals surface area contributed by atoms with Crippen LogP contribution in [0.3, 0.4) is 0 Å². The number of thioether (sulfide) groups is 1. The van der Waals surface area contributed by atoms with Gasteiger partial charge >= 0.3 is 0 Å². The van der Waals surface area contributed by atoms with Crippen LogP contribution in [0.15, 0.2) is 33.0 Å². The molecular weight excluding hydrogens is 470 g/mol. The van der Waals surface area contributed by atoms with Crippen molar-refractivity contribution in [2.75, 3.05) is 24.8 Å². The number of carbonyl (C=O) groups is 1. The van der Waals surface area contributed by atoms with Crippen LogP contribution < -0.4 is 20.5 Å². The van der Waals surface area contributed by atoms with Gasteiger partial charge in [0.25, 0.3) is 0 Å². The zero-order valence-corrected chi connectivity index (χ0v) is 19.9. The summed E-state index contributed by atoms with van der Waals surface area (Å²) in [5.74, 6) is 2.15. The molecule has 30 heavy (non-hydrogen) atoms. The van der Waals surface area contributed by atoms with Gasteiger partial charge in [-0.1, -0.05) is 25.1 Å². The van der Waals surface area contributed by atoms with Gasteiger partial charge in [-0.15, -0.1) is 5.10 Å². The molecule has 10 heteroatoms. The molecule has 1 atom stereocenters. The Hall–Kier alpha value is -2.20. The Labute approximate surface area is 188 Å². The van der Waals surface area contributed by atoms with Gasteiger partial charge < -0.3 is 20.5 Å². The lowest BCUT2D eigenvalue weighted by Gasteiger charge is -2.28. The molecule has 1 aromatic heterocycles. The smallest absolute Gasteiger partial charge is 0.248 e. The third-order valence-electron chi connectivity index (χ3n) is 4.68. The fourth-order valence-electron chi connectivity index (χ4n) is 3.33. The molecule has 3 rings (SSSR count). The molecule has 1 unspecified atom stereocenters. The number of carbonyl (C=O) groups excluding carboxylic acids is 1. The Bertz CT molecular complexity index is 976. The minimum absolute atomic E-state index is 0.428. The average molecular weight is 496 g/mol. The number of unbranched alkanes of at least 4 members (excludes halogenated alkanes) is 1. The summed E-state index contributed by atoms with van der Waals surface area (Å²) in [6.07, 6.45) is 2.19. The zero-order valence-electron chi connectivity index (χ0n) is 17.5. The third kappa shape index (κ3) is 4.44. The monoisotopic (exact) mass is 495 g/mol. The van der Waals surface area contributed by atoms with E-state index >= 15 is 0 Å². The van der Waals surface area contributed by atoms with Crippen molar-refractivity contribution in [1.29, 1.82) is 0 Å². The van der Waals surface area contributed by atoms with Gasteiger partial charge in [0.2, 0.25) is 17.0 Å². The molecule has 162 valence electrons. The Balaban J connectivity index is 2.12. The molecule has 2 aromatic rings. The van der Waals surface area contributed by atoms with Gasteiger partial charge in [0.05, 0.1) is 23.8 Å². The van der Waals surface area contributed by atoms with Gasteiger partial charge in [0, 0.05) is 11.4 Å². The summed E-state index contributed by atoms with van der Waals surface area (Å²) >= 11 is 5.15. The summed E-state index contributed by atoms with van der Waals surface area (Å²) in [5, 5.41) is 8.50. The number of rotatable bonds is 9. The van der Waals surface area contributed by atoms with Crippen molar-refractivity contribution in [3.8, 4) is 11.5 Å². The van der Waals surface area contributed by atoms with E-state index in [1.165, 1.54) is 0 Å². The topological polar surface area (TPSA) is 104 Å². The molecule has 3 N–H and O–H groups in total. The van der Waals surface area contributed by atoms with E-state index in [0.29, 0.717) is 45.0 Å². The Morgan fingerprint density at radius 2 is 2.17 bits per heavy atom. The second-order valence-electron chi connectivity index (χ2n) is 6.76. The number of nitrogens with two attached hydrogens (primary N) is 1. The van der Waals surface area contributed by atoms with Crippen LogP contribution >= 0.6 is 27.7 Å². The summed E-state index contributed by atoms with van der Waals surface area (Å²) in [6.45, 7) is 6.34. The summed E-state index contributed by atoms with van der Waals surface area (Å²) in [6, 6.07) is 3.21.